The molecule has 0 radical (unpaired) electrons. The first-order valence-electron chi connectivity index (χ1n) is 6.49. The molecule has 1 aliphatic carbocycles. The van der Waals surface area contributed by atoms with Gasteiger partial charge in [-0.3, -0.25) is 9.52 Å². The largest absolute Gasteiger partial charge is 0.327 e. The van der Waals surface area contributed by atoms with Crippen LogP contribution < -0.4 is 15.8 Å². The number of hydrogen-bond donors (Lipinski definition) is 3. The van der Waals surface area contributed by atoms with E-state index in [1.54, 1.807) is 24.3 Å². The van der Waals surface area contributed by atoms with Crippen molar-refractivity contribution in [1.29, 1.82) is 0 Å². The van der Waals surface area contributed by atoms with Gasteiger partial charge in [0.15, 0.2) is 0 Å². The van der Waals surface area contributed by atoms with Crippen LogP contribution in [0.3, 0.4) is 0 Å². The lowest BCUT2D eigenvalue weighted by Gasteiger charge is -2.15. The SMILES string of the molecule is CS(=O)(=O)Nc1cccc(NC(=O)C2CCCC2N)c1.Cl. The van der Waals surface area contributed by atoms with Gasteiger partial charge in [-0.2, -0.15) is 0 Å². The van der Waals surface area contributed by atoms with E-state index in [4.69, 9.17) is 5.73 Å². The molecule has 118 valence electrons. The fraction of sp³-hybridized carbons (Fsp3) is 0.462. The Balaban J connectivity index is 0.00000220. The van der Waals surface area contributed by atoms with E-state index in [2.05, 4.69) is 10.0 Å². The predicted molar refractivity (Wildman–Crippen MR) is 86.1 cm³/mol. The van der Waals surface area contributed by atoms with Gasteiger partial charge in [-0.15, -0.1) is 12.4 Å². The number of benzene rings is 1. The molecule has 1 aromatic carbocycles. The van der Waals surface area contributed by atoms with Gasteiger partial charge in [-0.05, 0) is 31.0 Å². The highest BCUT2D eigenvalue weighted by Crippen LogP contribution is 2.26. The average Bonchev–Trinajstić information content (AvgIpc) is 2.73. The number of sulfonamides is 1. The molecular weight excluding hydrogens is 314 g/mol. The van der Waals surface area contributed by atoms with Crippen LogP contribution in [0.2, 0.25) is 0 Å². The number of nitrogens with two attached hydrogens (primary N) is 1. The van der Waals surface area contributed by atoms with Crippen LogP contribution in [-0.4, -0.2) is 26.6 Å². The number of halogens is 1. The van der Waals surface area contributed by atoms with Gasteiger partial charge in [0.2, 0.25) is 15.9 Å². The summed E-state index contributed by atoms with van der Waals surface area (Å²) in [5, 5.41) is 2.79. The van der Waals surface area contributed by atoms with Crippen LogP contribution in [0.15, 0.2) is 24.3 Å². The van der Waals surface area contributed by atoms with Gasteiger partial charge in [-0.25, -0.2) is 8.42 Å². The van der Waals surface area contributed by atoms with Gasteiger partial charge in [0.25, 0.3) is 0 Å². The van der Waals surface area contributed by atoms with E-state index in [1.807, 2.05) is 0 Å². The first-order valence-corrected chi connectivity index (χ1v) is 8.38. The van der Waals surface area contributed by atoms with Crippen LogP contribution in [0, 0.1) is 5.92 Å². The van der Waals surface area contributed by atoms with Crippen LogP contribution in [0.25, 0.3) is 0 Å². The second-order valence-electron chi connectivity index (χ2n) is 5.15. The molecule has 0 heterocycles. The minimum atomic E-state index is -3.33. The molecule has 0 aliphatic heterocycles. The van der Waals surface area contributed by atoms with Crippen molar-refractivity contribution in [3.63, 3.8) is 0 Å². The molecule has 2 unspecified atom stereocenters. The highest BCUT2D eigenvalue weighted by Gasteiger charge is 2.30. The standard InChI is InChI=1S/C13H19N3O3S.ClH/c1-20(18,19)16-10-5-2-4-9(8-10)15-13(17)11-6-3-7-12(11)14;/h2,4-5,8,11-12,16H,3,6-7,14H2,1H3,(H,15,17);1H. The number of rotatable bonds is 4. The third kappa shape index (κ3) is 5.18. The Morgan fingerprint density at radius 2 is 1.95 bits per heavy atom. The second-order valence-corrected chi connectivity index (χ2v) is 6.89. The lowest BCUT2D eigenvalue weighted by molar-refractivity contribution is -0.120. The van der Waals surface area contributed by atoms with Crippen molar-refractivity contribution in [3.8, 4) is 0 Å². The zero-order valence-corrected chi connectivity index (χ0v) is 13.3. The number of amides is 1. The van der Waals surface area contributed by atoms with Gasteiger partial charge >= 0.3 is 0 Å². The molecule has 6 nitrogen and oxygen atoms in total. The summed E-state index contributed by atoms with van der Waals surface area (Å²) in [5.41, 5.74) is 6.87. The first kappa shape index (κ1) is 17.7. The molecule has 2 rings (SSSR count). The summed E-state index contributed by atoms with van der Waals surface area (Å²) >= 11 is 0. The molecule has 2 atom stereocenters. The first-order chi connectivity index (χ1) is 9.35. The zero-order valence-electron chi connectivity index (χ0n) is 11.7. The van der Waals surface area contributed by atoms with Gasteiger partial charge in [0, 0.05) is 11.7 Å². The summed E-state index contributed by atoms with van der Waals surface area (Å²) in [6, 6.07) is 6.51. The van der Waals surface area contributed by atoms with Gasteiger partial charge in [-0.1, -0.05) is 12.5 Å². The molecule has 1 saturated carbocycles. The Bertz CT molecular complexity index is 606. The fourth-order valence-corrected chi connectivity index (χ4v) is 2.98. The van der Waals surface area contributed by atoms with Crippen molar-refractivity contribution in [2.24, 2.45) is 11.7 Å². The topological polar surface area (TPSA) is 101 Å². The summed E-state index contributed by atoms with van der Waals surface area (Å²) in [4.78, 5) is 12.1. The molecule has 1 aromatic rings. The predicted octanol–water partition coefficient (Wildman–Crippen LogP) is 1.55. The van der Waals surface area contributed by atoms with Crippen molar-refractivity contribution in [3.05, 3.63) is 24.3 Å². The van der Waals surface area contributed by atoms with E-state index < -0.39 is 10.0 Å². The van der Waals surface area contributed by atoms with Crippen molar-refractivity contribution in [2.75, 3.05) is 16.3 Å². The number of nitrogens with one attached hydrogen (secondary N) is 2. The second kappa shape index (κ2) is 7.11. The zero-order chi connectivity index (χ0) is 14.8. The normalized spacial score (nSPS) is 21.4. The summed E-state index contributed by atoms with van der Waals surface area (Å²) in [5.74, 6) is -0.270. The molecule has 1 amide bonds. The monoisotopic (exact) mass is 333 g/mol. The summed E-state index contributed by atoms with van der Waals surface area (Å²) in [6.07, 6.45) is 3.72. The quantitative estimate of drug-likeness (QED) is 0.778. The maximum absolute atomic E-state index is 12.1. The molecule has 21 heavy (non-hydrogen) atoms. The van der Waals surface area contributed by atoms with Gasteiger partial charge in [0.05, 0.1) is 17.9 Å². The van der Waals surface area contributed by atoms with Crippen molar-refractivity contribution < 1.29 is 13.2 Å². The Labute approximate surface area is 130 Å². The van der Waals surface area contributed by atoms with Gasteiger partial charge < -0.3 is 11.1 Å². The molecule has 0 aromatic heterocycles. The molecular formula is C13H20ClN3O3S. The minimum Gasteiger partial charge on any atom is -0.327 e. The van der Waals surface area contributed by atoms with E-state index in [0.29, 0.717) is 11.4 Å². The van der Waals surface area contributed by atoms with Gasteiger partial charge in [0.1, 0.15) is 0 Å². The summed E-state index contributed by atoms with van der Waals surface area (Å²) in [7, 11) is -3.33. The van der Waals surface area contributed by atoms with Crippen LogP contribution >= 0.6 is 12.4 Å². The highest BCUT2D eigenvalue weighted by atomic mass is 35.5. The number of carbonyl (C=O) groups excluding carboxylic acids is 1. The van der Waals surface area contributed by atoms with Crippen molar-refractivity contribution in [1.82, 2.24) is 0 Å². The van der Waals surface area contributed by atoms with Crippen molar-refractivity contribution >= 4 is 39.7 Å². The summed E-state index contributed by atoms with van der Waals surface area (Å²) < 4.78 is 24.7. The van der Waals surface area contributed by atoms with Crippen LogP contribution in [0.4, 0.5) is 11.4 Å². The molecule has 8 heteroatoms. The molecule has 1 fully saturated rings. The smallest absolute Gasteiger partial charge is 0.229 e. The number of carbonyl (C=O) groups is 1. The molecule has 0 bridgehead atoms. The summed E-state index contributed by atoms with van der Waals surface area (Å²) in [6.45, 7) is 0. The minimum absolute atomic E-state index is 0. The Hall–Kier alpha value is -1.31. The third-order valence-electron chi connectivity index (χ3n) is 3.34. The molecule has 1 aliphatic rings. The van der Waals surface area contributed by atoms with Crippen LogP contribution in [0.1, 0.15) is 19.3 Å². The van der Waals surface area contributed by atoms with E-state index in [9.17, 15) is 13.2 Å². The fourth-order valence-electron chi connectivity index (χ4n) is 2.42. The Morgan fingerprint density at radius 3 is 2.52 bits per heavy atom. The lowest BCUT2D eigenvalue weighted by atomic mass is 10.0. The van der Waals surface area contributed by atoms with E-state index >= 15 is 0 Å². The van der Waals surface area contributed by atoms with E-state index in [0.717, 1.165) is 25.5 Å². The Morgan fingerprint density at radius 1 is 1.29 bits per heavy atom. The van der Waals surface area contributed by atoms with E-state index in [-0.39, 0.29) is 30.3 Å². The maximum atomic E-state index is 12.1. The molecule has 0 saturated heterocycles. The molecule has 4 N–H and O–H groups in total. The third-order valence-corrected chi connectivity index (χ3v) is 3.95. The Kier molecular flexibility index (Phi) is 6.00. The molecule has 0 spiro atoms. The maximum Gasteiger partial charge on any atom is 0.229 e. The van der Waals surface area contributed by atoms with Crippen LogP contribution in [-0.2, 0) is 14.8 Å². The van der Waals surface area contributed by atoms with Crippen LogP contribution in [0.5, 0.6) is 0 Å². The number of anilines is 2. The highest BCUT2D eigenvalue weighted by molar-refractivity contribution is 7.92. The lowest BCUT2D eigenvalue weighted by Crippen LogP contribution is -2.34. The average molecular weight is 334 g/mol. The van der Waals surface area contributed by atoms with E-state index in [1.165, 1.54) is 0 Å². The number of hydrogen-bond acceptors (Lipinski definition) is 4. The van der Waals surface area contributed by atoms with Crippen molar-refractivity contribution in [2.45, 2.75) is 25.3 Å².